The highest BCUT2D eigenvalue weighted by molar-refractivity contribution is 5.75. The lowest BCUT2D eigenvalue weighted by Crippen LogP contribution is -2.17. The fourth-order valence-corrected chi connectivity index (χ4v) is 2.06. The first-order valence-corrected chi connectivity index (χ1v) is 5.66. The van der Waals surface area contributed by atoms with Crippen LogP contribution in [0.15, 0.2) is 53.3 Å². The van der Waals surface area contributed by atoms with Crippen molar-refractivity contribution < 1.29 is 4.39 Å². The number of rotatable bonds is 2. The van der Waals surface area contributed by atoms with Gasteiger partial charge in [0.15, 0.2) is 0 Å². The highest BCUT2D eigenvalue weighted by Gasteiger charge is 2.08. The molecule has 4 heteroatoms. The first-order chi connectivity index (χ1) is 8.75. The number of hydrogen-bond acceptors (Lipinski definition) is 1. The average molecular weight is 242 g/mol. The number of nitrogens with one attached hydrogen (secondary N) is 1. The zero-order valence-corrected chi connectivity index (χ0v) is 9.56. The molecule has 0 aliphatic rings. The average Bonchev–Trinajstić information content (AvgIpc) is 2.69. The molecule has 3 nitrogen and oxygen atoms in total. The van der Waals surface area contributed by atoms with Crippen molar-refractivity contribution in [2.45, 2.75) is 6.54 Å². The van der Waals surface area contributed by atoms with Crippen LogP contribution >= 0.6 is 0 Å². The number of H-pyrrole nitrogens is 1. The van der Waals surface area contributed by atoms with Crippen LogP contribution in [0.1, 0.15) is 5.56 Å². The van der Waals surface area contributed by atoms with Gasteiger partial charge in [-0.3, -0.25) is 4.57 Å². The standard InChI is InChI=1S/C14H11FN2O/c15-11-6-2-1-5-10(11)9-17-13-8-4-3-7-12(13)16-14(17)18/h1-8H,9H2,(H,16,18). The number of imidazole rings is 1. The van der Waals surface area contributed by atoms with Crippen LogP contribution in [0.25, 0.3) is 11.0 Å². The molecule has 1 aromatic heterocycles. The van der Waals surface area contributed by atoms with Crippen LogP contribution in [-0.4, -0.2) is 9.55 Å². The molecule has 2 aromatic carbocycles. The molecule has 0 aliphatic heterocycles. The summed E-state index contributed by atoms with van der Waals surface area (Å²) in [4.78, 5) is 14.6. The van der Waals surface area contributed by atoms with Crippen molar-refractivity contribution in [2.75, 3.05) is 0 Å². The van der Waals surface area contributed by atoms with Gasteiger partial charge < -0.3 is 4.98 Å². The van der Waals surface area contributed by atoms with E-state index >= 15 is 0 Å². The zero-order chi connectivity index (χ0) is 12.5. The second kappa shape index (κ2) is 4.14. The Labute approximate surface area is 103 Å². The first-order valence-electron chi connectivity index (χ1n) is 5.66. The van der Waals surface area contributed by atoms with Gasteiger partial charge in [-0.05, 0) is 18.2 Å². The lowest BCUT2D eigenvalue weighted by atomic mass is 10.2. The highest BCUT2D eigenvalue weighted by atomic mass is 19.1. The number of fused-ring (bicyclic) bond motifs is 1. The normalized spacial score (nSPS) is 10.9. The number of para-hydroxylation sites is 2. The van der Waals surface area contributed by atoms with Crippen molar-refractivity contribution in [3.63, 3.8) is 0 Å². The van der Waals surface area contributed by atoms with Crippen LogP contribution in [0.2, 0.25) is 0 Å². The molecule has 90 valence electrons. The van der Waals surface area contributed by atoms with Crippen LogP contribution in [0, 0.1) is 5.82 Å². The Morgan fingerprint density at radius 1 is 1.06 bits per heavy atom. The van der Waals surface area contributed by atoms with Gasteiger partial charge in [-0.25, -0.2) is 9.18 Å². The number of nitrogens with zero attached hydrogens (tertiary/aromatic N) is 1. The van der Waals surface area contributed by atoms with Crippen LogP contribution in [-0.2, 0) is 6.54 Å². The predicted molar refractivity (Wildman–Crippen MR) is 68.1 cm³/mol. The Kier molecular flexibility index (Phi) is 2.48. The minimum absolute atomic E-state index is 0.223. The lowest BCUT2D eigenvalue weighted by molar-refractivity contribution is 0.599. The summed E-state index contributed by atoms with van der Waals surface area (Å²) < 4.78 is 15.1. The topological polar surface area (TPSA) is 37.8 Å². The molecule has 3 aromatic rings. The van der Waals surface area contributed by atoms with E-state index in [1.807, 2.05) is 24.3 Å². The van der Waals surface area contributed by atoms with Gasteiger partial charge >= 0.3 is 5.69 Å². The zero-order valence-electron chi connectivity index (χ0n) is 9.56. The van der Waals surface area contributed by atoms with Gasteiger partial charge in [-0.2, -0.15) is 0 Å². The minimum atomic E-state index is -0.297. The largest absolute Gasteiger partial charge is 0.326 e. The Morgan fingerprint density at radius 2 is 1.78 bits per heavy atom. The lowest BCUT2D eigenvalue weighted by Gasteiger charge is -2.04. The monoisotopic (exact) mass is 242 g/mol. The summed E-state index contributed by atoms with van der Waals surface area (Å²) in [6.45, 7) is 0.232. The molecule has 1 N–H and O–H groups in total. The molecule has 0 fully saturated rings. The molecule has 1 heterocycles. The van der Waals surface area contributed by atoms with Crippen molar-refractivity contribution in [2.24, 2.45) is 0 Å². The van der Waals surface area contributed by atoms with Crippen LogP contribution in [0.5, 0.6) is 0 Å². The number of hydrogen-bond donors (Lipinski definition) is 1. The second-order valence-electron chi connectivity index (χ2n) is 4.12. The minimum Gasteiger partial charge on any atom is -0.306 e. The summed E-state index contributed by atoms with van der Waals surface area (Å²) in [6, 6.07) is 13.9. The van der Waals surface area contributed by atoms with Gasteiger partial charge in [0.25, 0.3) is 0 Å². The van der Waals surface area contributed by atoms with E-state index in [4.69, 9.17) is 0 Å². The van der Waals surface area contributed by atoms with E-state index in [0.717, 1.165) is 11.0 Å². The molecule has 0 atom stereocenters. The molecule has 0 aliphatic carbocycles. The molecule has 18 heavy (non-hydrogen) atoms. The third-order valence-electron chi connectivity index (χ3n) is 2.97. The summed E-state index contributed by atoms with van der Waals surface area (Å²) in [6.07, 6.45) is 0. The van der Waals surface area contributed by atoms with Gasteiger partial charge in [-0.15, -0.1) is 0 Å². The van der Waals surface area contributed by atoms with E-state index in [0.29, 0.717) is 5.56 Å². The number of halogens is 1. The predicted octanol–water partition coefficient (Wildman–Crippen LogP) is 2.52. The molecular weight excluding hydrogens is 231 g/mol. The van der Waals surface area contributed by atoms with Crippen LogP contribution in [0.4, 0.5) is 4.39 Å². The van der Waals surface area contributed by atoms with Crippen molar-refractivity contribution in [1.29, 1.82) is 0 Å². The van der Waals surface area contributed by atoms with Gasteiger partial charge in [0, 0.05) is 5.56 Å². The van der Waals surface area contributed by atoms with E-state index in [-0.39, 0.29) is 18.1 Å². The summed E-state index contributed by atoms with van der Waals surface area (Å²) in [5.74, 6) is -0.297. The van der Waals surface area contributed by atoms with Crippen LogP contribution < -0.4 is 5.69 Å². The fourth-order valence-electron chi connectivity index (χ4n) is 2.06. The van der Waals surface area contributed by atoms with Gasteiger partial charge in [0.05, 0.1) is 17.6 Å². The third kappa shape index (κ3) is 1.72. The Hall–Kier alpha value is -2.36. The molecule has 0 saturated carbocycles. The molecule has 0 saturated heterocycles. The first kappa shape index (κ1) is 10.8. The van der Waals surface area contributed by atoms with Crippen molar-refractivity contribution in [1.82, 2.24) is 9.55 Å². The van der Waals surface area contributed by atoms with Gasteiger partial charge in [0.1, 0.15) is 5.82 Å². The summed E-state index contributed by atoms with van der Waals surface area (Å²) >= 11 is 0. The molecule has 0 unspecified atom stereocenters. The number of aromatic nitrogens is 2. The Balaban J connectivity index is 2.13. The maximum atomic E-state index is 13.6. The summed E-state index contributed by atoms with van der Waals surface area (Å²) in [5.41, 5.74) is 1.83. The quantitative estimate of drug-likeness (QED) is 0.736. The van der Waals surface area contributed by atoms with Crippen molar-refractivity contribution in [3.8, 4) is 0 Å². The van der Waals surface area contributed by atoms with E-state index in [9.17, 15) is 9.18 Å². The molecule has 0 bridgehead atoms. The molecular formula is C14H11FN2O. The third-order valence-corrected chi connectivity index (χ3v) is 2.97. The SMILES string of the molecule is O=c1[nH]c2ccccc2n1Cc1ccccc1F. The Bertz CT molecular complexity index is 758. The van der Waals surface area contributed by atoms with E-state index in [1.165, 1.54) is 10.6 Å². The smallest absolute Gasteiger partial charge is 0.306 e. The number of benzene rings is 2. The second-order valence-corrected chi connectivity index (χ2v) is 4.12. The maximum Gasteiger partial charge on any atom is 0.326 e. The van der Waals surface area contributed by atoms with Gasteiger partial charge in [0.2, 0.25) is 0 Å². The van der Waals surface area contributed by atoms with E-state index < -0.39 is 0 Å². The molecule has 0 radical (unpaired) electrons. The van der Waals surface area contributed by atoms with E-state index in [1.54, 1.807) is 18.2 Å². The molecule has 0 spiro atoms. The highest BCUT2D eigenvalue weighted by Crippen LogP contribution is 2.13. The van der Waals surface area contributed by atoms with Gasteiger partial charge in [-0.1, -0.05) is 30.3 Å². The molecule has 0 amide bonds. The van der Waals surface area contributed by atoms with E-state index in [2.05, 4.69) is 4.98 Å². The summed E-state index contributed by atoms with van der Waals surface area (Å²) in [7, 11) is 0. The Morgan fingerprint density at radius 3 is 2.61 bits per heavy atom. The van der Waals surface area contributed by atoms with Crippen molar-refractivity contribution >= 4 is 11.0 Å². The number of aromatic amines is 1. The summed E-state index contributed by atoms with van der Waals surface area (Å²) in [5, 5.41) is 0. The fraction of sp³-hybridized carbons (Fsp3) is 0.0714. The molecule has 3 rings (SSSR count). The van der Waals surface area contributed by atoms with Crippen LogP contribution in [0.3, 0.4) is 0 Å². The van der Waals surface area contributed by atoms with Crippen molar-refractivity contribution in [3.05, 3.63) is 70.4 Å². The maximum absolute atomic E-state index is 13.6.